The molecule has 0 aliphatic heterocycles. The number of rotatable bonds is 4. The molecule has 4 N–H and O–H groups in total. The van der Waals surface area contributed by atoms with Gasteiger partial charge in [0.1, 0.15) is 6.04 Å². The Bertz CT molecular complexity index is 407. The lowest BCUT2D eigenvalue weighted by Crippen LogP contribution is -2.41. The number of carbonyl (C=O) groups excluding carboxylic acids is 1. The van der Waals surface area contributed by atoms with E-state index in [1.807, 2.05) is 13.8 Å². The molecule has 0 radical (unpaired) electrons. The maximum absolute atomic E-state index is 11.7. The van der Waals surface area contributed by atoms with Crippen LogP contribution in [0.2, 0.25) is 5.02 Å². The summed E-state index contributed by atoms with van der Waals surface area (Å²) in [6, 6.07) is 4.91. The first-order valence-electron chi connectivity index (χ1n) is 5.52. The monoisotopic (exact) mass is 255 g/mol. The topological polar surface area (TPSA) is 67.2 Å². The smallest absolute Gasteiger partial charge is 0.242 e. The highest BCUT2D eigenvalue weighted by Gasteiger charge is 2.14. The average Bonchev–Trinajstić information content (AvgIpc) is 2.21. The first-order chi connectivity index (χ1) is 7.90. The summed E-state index contributed by atoms with van der Waals surface area (Å²) in [5.41, 5.74) is 7.03. The molecule has 0 saturated heterocycles. The van der Waals surface area contributed by atoms with Crippen molar-refractivity contribution in [3.8, 4) is 0 Å². The lowest BCUT2D eigenvalue weighted by atomic mass is 10.2. The molecular formula is C12H18ClN3O. The fraction of sp³-hybridized carbons (Fsp3) is 0.417. The Kier molecular flexibility index (Phi) is 4.63. The molecule has 17 heavy (non-hydrogen) atoms. The second-order valence-electron chi connectivity index (χ2n) is 4.26. The highest BCUT2D eigenvalue weighted by atomic mass is 35.5. The van der Waals surface area contributed by atoms with E-state index in [9.17, 15) is 4.79 Å². The Morgan fingerprint density at radius 3 is 2.53 bits per heavy atom. The summed E-state index contributed by atoms with van der Waals surface area (Å²) in [5, 5.41) is 6.45. The van der Waals surface area contributed by atoms with E-state index in [0.29, 0.717) is 16.4 Å². The van der Waals surface area contributed by atoms with Crippen molar-refractivity contribution >= 4 is 28.9 Å². The van der Waals surface area contributed by atoms with Gasteiger partial charge >= 0.3 is 0 Å². The van der Waals surface area contributed by atoms with Crippen LogP contribution in [0.3, 0.4) is 0 Å². The molecule has 0 heterocycles. The van der Waals surface area contributed by atoms with Gasteiger partial charge < -0.3 is 16.4 Å². The van der Waals surface area contributed by atoms with E-state index < -0.39 is 0 Å². The third-order valence-corrected chi connectivity index (χ3v) is 2.44. The number of hydrogen-bond donors (Lipinski definition) is 3. The van der Waals surface area contributed by atoms with Crippen LogP contribution in [0, 0.1) is 0 Å². The molecule has 0 aliphatic carbocycles. The van der Waals surface area contributed by atoms with Crippen molar-refractivity contribution in [3.05, 3.63) is 23.2 Å². The van der Waals surface area contributed by atoms with Crippen molar-refractivity contribution in [2.45, 2.75) is 32.9 Å². The van der Waals surface area contributed by atoms with Gasteiger partial charge in [-0.1, -0.05) is 11.6 Å². The second kappa shape index (κ2) is 5.77. The van der Waals surface area contributed by atoms with Gasteiger partial charge in [-0.3, -0.25) is 4.79 Å². The zero-order chi connectivity index (χ0) is 13.0. The highest BCUT2D eigenvalue weighted by molar-refractivity contribution is 6.31. The normalized spacial score (nSPS) is 12.3. The van der Waals surface area contributed by atoms with Crippen molar-refractivity contribution in [1.82, 2.24) is 5.32 Å². The van der Waals surface area contributed by atoms with Crippen LogP contribution in [0.4, 0.5) is 11.4 Å². The van der Waals surface area contributed by atoms with E-state index in [1.165, 1.54) is 0 Å². The van der Waals surface area contributed by atoms with Gasteiger partial charge in [-0.05, 0) is 39.0 Å². The number of nitrogens with one attached hydrogen (secondary N) is 2. The number of carbonyl (C=O) groups is 1. The van der Waals surface area contributed by atoms with Gasteiger partial charge in [0.2, 0.25) is 5.91 Å². The van der Waals surface area contributed by atoms with E-state index >= 15 is 0 Å². The number of halogens is 1. The molecule has 1 rings (SSSR count). The molecule has 1 unspecified atom stereocenters. The summed E-state index contributed by atoms with van der Waals surface area (Å²) in [4.78, 5) is 11.7. The summed E-state index contributed by atoms with van der Waals surface area (Å²) in [7, 11) is 0. The fourth-order valence-corrected chi connectivity index (χ4v) is 1.55. The van der Waals surface area contributed by atoms with Crippen LogP contribution >= 0.6 is 11.6 Å². The van der Waals surface area contributed by atoms with E-state index in [0.717, 1.165) is 0 Å². The van der Waals surface area contributed by atoms with Gasteiger partial charge in [-0.15, -0.1) is 0 Å². The molecule has 1 aromatic carbocycles. The minimum absolute atomic E-state index is 0.0608. The highest BCUT2D eigenvalue weighted by Crippen LogP contribution is 2.23. The maximum atomic E-state index is 11.7. The molecule has 4 nitrogen and oxygen atoms in total. The van der Waals surface area contributed by atoms with Crippen LogP contribution in [-0.2, 0) is 4.79 Å². The summed E-state index contributed by atoms with van der Waals surface area (Å²) < 4.78 is 0. The Morgan fingerprint density at radius 1 is 1.35 bits per heavy atom. The predicted molar refractivity (Wildman–Crippen MR) is 72.2 cm³/mol. The quantitative estimate of drug-likeness (QED) is 0.723. The zero-order valence-electron chi connectivity index (χ0n) is 10.3. The van der Waals surface area contributed by atoms with E-state index in [4.69, 9.17) is 17.3 Å². The molecular weight excluding hydrogens is 238 g/mol. The largest absolute Gasteiger partial charge is 0.397 e. The number of anilines is 2. The molecule has 0 aliphatic rings. The third kappa shape index (κ3) is 4.15. The average molecular weight is 256 g/mol. The number of benzene rings is 1. The second-order valence-corrected chi connectivity index (χ2v) is 4.70. The van der Waals surface area contributed by atoms with Crippen LogP contribution in [-0.4, -0.2) is 18.0 Å². The van der Waals surface area contributed by atoms with Crippen molar-refractivity contribution < 1.29 is 4.79 Å². The number of nitrogen functional groups attached to an aromatic ring is 1. The number of amides is 1. The van der Waals surface area contributed by atoms with Crippen LogP contribution < -0.4 is 16.4 Å². The molecule has 0 bridgehead atoms. The van der Waals surface area contributed by atoms with Crippen LogP contribution in [0.15, 0.2) is 18.2 Å². The number of hydrogen-bond acceptors (Lipinski definition) is 3. The summed E-state index contributed by atoms with van der Waals surface area (Å²) in [6.45, 7) is 5.62. The van der Waals surface area contributed by atoms with Crippen LogP contribution in [0.1, 0.15) is 20.8 Å². The van der Waals surface area contributed by atoms with Crippen molar-refractivity contribution in [3.63, 3.8) is 0 Å². The van der Waals surface area contributed by atoms with Crippen LogP contribution in [0.25, 0.3) is 0 Å². The van der Waals surface area contributed by atoms with E-state index in [-0.39, 0.29) is 18.0 Å². The van der Waals surface area contributed by atoms with Gasteiger partial charge in [0.05, 0.1) is 11.4 Å². The number of nitrogens with two attached hydrogens (primary N) is 1. The Balaban J connectivity index is 2.67. The van der Waals surface area contributed by atoms with Crippen molar-refractivity contribution in [2.75, 3.05) is 11.1 Å². The molecule has 94 valence electrons. The van der Waals surface area contributed by atoms with Gasteiger partial charge in [-0.2, -0.15) is 0 Å². The van der Waals surface area contributed by atoms with Gasteiger partial charge in [-0.25, -0.2) is 0 Å². The van der Waals surface area contributed by atoms with Crippen molar-refractivity contribution in [2.24, 2.45) is 0 Å². The van der Waals surface area contributed by atoms with Gasteiger partial charge in [0, 0.05) is 11.1 Å². The lowest BCUT2D eigenvalue weighted by molar-refractivity contribution is -0.122. The summed E-state index contributed by atoms with van der Waals surface area (Å²) >= 11 is 5.80. The summed E-state index contributed by atoms with van der Waals surface area (Å²) in [6.07, 6.45) is 0. The van der Waals surface area contributed by atoms with E-state index in [1.54, 1.807) is 25.1 Å². The lowest BCUT2D eigenvalue weighted by Gasteiger charge is -2.18. The molecule has 5 heteroatoms. The molecule has 1 atom stereocenters. The SMILES string of the molecule is CC(C)NC(=O)C(C)Nc1ccc(Cl)cc1N. The fourth-order valence-electron chi connectivity index (χ4n) is 1.37. The minimum Gasteiger partial charge on any atom is -0.397 e. The van der Waals surface area contributed by atoms with Gasteiger partial charge in [0.25, 0.3) is 0 Å². The van der Waals surface area contributed by atoms with Gasteiger partial charge in [0.15, 0.2) is 0 Å². The minimum atomic E-state index is -0.346. The zero-order valence-corrected chi connectivity index (χ0v) is 11.0. The first kappa shape index (κ1) is 13.6. The Labute approximate surface area is 107 Å². The molecule has 0 aromatic heterocycles. The third-order valence-electron chi connectivity index (χ3n) is 2.21. The standard InChI is InChI=1S/C12H18ClN3O/c1-7(2)15-12(17)8(3)16-11-5-4-9(13)6-10(11)14/h4-8,16H,14H2,1-3H3,(H,15,17). The predicted octanol–water partition coefficient (Wildman–Crippen LogP) is 2.25. The maximum Gasteiger partial charge on any atom is 0.242 e. The van der Waals surface area contributed by atoms with E-state index in [2.05, 4.69) is 10.6 Å². The first-order valence-corrected chi connectivity index (χ1v) is 5.90. The molecule has 0 saturated carbocycles. The molecule has 1 amide bonds. The Morgan fingerprint density at radius 2 is 2.00 bits per heavy atom. The Hall–Kier alpha value is -1.42. The molecule has 0 spiro atoms. The molecule has 1 aromatic rings. The van der Waals surface area contributed by atoms with Crippen molar-refractivity contribution in [1.29, 1.82) is 0 Å². The summed E-state index contributed by atoms with van der Waals surface area (Å²) in [5.74, 6) is -0.0608. The molecule has 0 fully saturated rings. The van der Waals surface area contributed by atoms with Crippen LogP contribution in [0.5, 0.6) is 0 Å².